The average molecular weight is 397 g/mol. The van der Waals surface area contributed by atoms with Crippen LogP contribution < -0.4 is 24.8 Å². The summed E-state index contributed by atoms with van der Waals surface area (Å²) >= 11 is 0. The minimum absolute atomic E-state index is 0.461. The van der Waals surface area contributed by atoms with Crippen molar-refractivity contribution in [3.8, 4) is 17.2 Å². The molecule has 0 radical (unpaired) electrons. The monoisotopic (exact) mass is 396 g/mol. The van der Waals surface area contributed by atoms with Gasteiger partial charge >= 0.3 is 0 Å². The van der Waals surface area contributed by atoms with E-state index in [4.69, 9.17) is 18.9 Å². The van der Waals surface area contributed by atoms with Gasteiger partial charge in [0.1, 0.15) is 5.75 Å². The van der Waals surface area contributed by atoms with Gasteiger partial charge in [-0.05, 0) is 26.5 Å². The standard InChI is InChI=1S/C20H36N4O4/c1-7-21-20(22-9-11-24(2)10-8-12-25-3)23-15-16-13-18(27-5)19(28-6)14-17(16)26-4/h13-14H,7-12,15H2,1-6H3,(H2,21,22,23). The third-order valence-electron chi connectivity index (χ3n) is 4.21. The van der Waals surface area contributed by atoms with Crippen LogP contribution in [0.1, 0.15) is 18.9 Å². The molecule has 1 aromatic rings. The van der Waals surface area contributed by atoms with Gasteiger partial charge in [0.05, 0.1) is 27.9 Å². The van der Waals surface area contributed by atoms with E-state index in [0.29, 0.717) is 18.0 Å². The molecule has 0 aliphatic carbocycles. The van der Waals surface area contributed by atoms with Crippen LogP contribution in [0.5, 0.6) is 17.2 Å². The predicted octanol–water partition coefficient (Wildman–Crippen LogP) is 1.74. The van der Waals surface area contributed by atoms with E-state index in [2.05, 4.69) is 27.6 Å². The van der Waals surface area contributed by atoms with Crippen molar-refractivity contribution >= 4 is 5.96 Å². The molecule has 0 fully saturated rings. The van der Waals surface area contributed by atoms with Crippen molar-refractivity contribution in [3.63, 3.8) is 0 Å². The van der Waals surface area contributed by atoms with Crippen LogP contribution in [-0.2, 0) is 11.3 Å². The Kier molecular flexibility index (Phi) is 11.8. The first-order chi connectivity index (χ1) is 13.6. The second kappa shape index (κ2) is 13.9. The Morgan fingerprint density at radius 2 is 1.64 bits per heavy atom. The number of rotatable bonds is 13. The van der Waals surface area contributed by atoms with Crippen molar-refractivity contribution in [2.24, 2.45) is 4.99 Å². The van der Waals surface area contributed by atoms with E-state index >= 15 is 0 Å². The number of guanidine groups is 1. The minimum atomic E-state index is 0.461. The van der Waals surface area contributed by atoms with Gasteiger partial charge in [0, 0.05) is 51.5 Å². The van der Waals surface area contributed by atoms with Crippen LogP contribution in [0.4, 0.5) is 0 Å². The van der Waals surface area contributed by atoms with E-state index in [1.54, 1.807) is 28.4 Å². The summed E-state index contributed by atoms with van der Waals surface area (Å²) < 4.78 is 21.3. The molecule has 0 heterocycles. The van der Waals surface area contributed by atoms with Crippen LogP contribution in [0.15, 0.2) is 17.1 Å². The molecule has 8 heteroatoms. The first-order valence-electron chi connectivity index (χ1n) is 9.58. The largest absolute Gasteiger partial charge is 0.496 e. The van der Waals surface area contributed by atoms with Gasteiger partial charge in [0.15, 0.2) is 17.5 Å². The third kappa shape index (κ3) is 8.22. The summed E-state index contributed by atoms with van der Waals surface area (Å²) in [5.74, 6) is 2.78. The lowest BCUT2D eigenvalue weighted by atomic mass is 10.1. The average Bonchev–Trinajstić information content (AvgIpc) is 2.71. The van der Waals surface area contributed by atoms with Crippen LogP contribution in [0.25, 0.3) is 0 Å². The van der Waals surface area contributed by atoms with E-state index in [-0.39, 0.29) is 0 Å². The molecule has 1 aromatic carbocycles. The maximum absolute atomic E-state index is 5.48. The summed E-state index contributed by atoms with van der Waals surface area (Å²) in [6, 6.07) is 3.72. The fourth-order valence-corrected chi connectivity index (χ4v) is 2.68. The number of hydrogen-bond donors (Lipinski definition) is 2. The first-order valence-corrected chi connectivity index (χ1v) is 9.58. The summed E-state index contributed by atoms with van der Waals surface area (Å²) in [4.78, 5) is 6.95. The van der Waals surface area contributed by atoms with Gasteiger partial charge in [-0.25, -0.2) is 4.99 Å². The van der Waals surface area contributed by atoms with Crippen molar-refractivity contribution in [2.45, 2.75) is 19.9 Å². The Labute approximate surface area is 169 Å². The van der Waals surface area contributed by atoms with E-state index in [1.807, 2.05) is 19.1 Å². The highest BCUT2D eigenvalue weighted by Crippen LogP contribution is 2.34. The Morgan fingerprint density at radius 1 is 0.964 bits per heavy atom. The molecule has 0 unspecified atom stereocenters. The second-order valence-electron chi connectivity index (χ2n) is 6.29. The highest BCUT2D eigenvalue weighted by atomic mass is 16.5. The maximum atomic E-state index is 5.48. The molecule has 0 aliphatic heterocycles. The van der Waals surface area contributed by atoms with Gasteiger partial charge < -0.3 is 34.5 Å². The zero-order valence-corrected chi connectivity index (χ0v) is 18.1. The normalized spacial score (nSPS) is 11.5. The summed E-state index contributed by atoms with van der Waals surface area (Å²) in [5, 5.41) is 6.64. The summed E-state index contributed by atoms with van der Waals surface area (Å²) in [7, 11) is 8.70. The lowest BCUT2D eigenvalue weighted by Gasteiger charge is -2.18. The fourth-order valence-electron chi connectivity index (χ4n) is 2.68. The minimum Gasteiger partial charge on any atom is -0.496 e. The molecular formula is C20H36N4O4. The smallest absolute Gasteiger partial charge is 0.191 e. The van der Waals surface area contributed by atoms with Gasteiger partial charge in [-0.1, -0.05) is 0 Å². The summed E-state index contributed by atoms with van der Waals surface area (Å²) in [6.45, 7) is 6.82. The van der Waals surface area contributed by atoms with Crippen LogP contribution in [0.2, 0.25) is 0 Å². The van der Waals surface area contributed by atoms with Crippen LogP contribution >= 0.6 is 0 Å². The van der Waals surface area contributed by atoms with Crippen LogP contribution in [0.3, 0.4) is 0 Å². The number of benzene rings is 1. The highest BCUT2D eigenvalue weighted by molar-refractivity contribution is 5.79. The molecular weight excluding hydrogens is 360 g/mol. The maximum Gasteiger partial charge on any atom is 0.191 e. The molecule has 0 atom stereocenters. The number of methoxy groups -OCH3 is 4. The van der Waals surface area contributed by atoms with Crippen molar-refractivity contribution < 1.29 is 18.9 Å². The second-order valence-corrected chi connectivity index (χ2v) is 6.29. The van der Waals surface area contributed by atoms with Crippen molar-refractivity contribution in [2.75, 3.05) is 68.3 Å². The molecule has 0 bridgehead atoms. The molecule has 0 aromatic heterocycles. The van der Waals surface area contributed by atoms with Gasteiger partial charge in [-0.2, -0.15) is 0 Å². The molecule has 0 spiro atoms. The molecule has 28 heavy (non-hydrogen) atoms. The third-order valence-corrected chi connectivity index (χ3v) is 4.21. The van der Waals surface area contributed by atoms with E-state index in [9.17, 15) is 0 Å². The fraction of sp³-hybridized carbons (Fsp3) is 0.650. The van der Waals surface area contributed by atoms with Crippen molar-refractivity contribution in [1.82, 2.24) is 15.5 Å². The summed E-state index contributed by atoms with van der Waals surface area (Å²) in [6.07, 6.45) is 1.03. The Balaban J connectivity index is 2.71. The van der Waals surface area contributed by atoms with E-state index in [0.717, 1.165) is 56.5 Å². The molecule has 0 saturated carbocycles. The number of nitrogens with zero attached hydrogens (tertiary/aromatic N) is 2. The molecule has 0 amide bonds. The van der Waals surface area contributed by atoms with Crippen LogP contribution in [0, 0.1) is 0 Å². The number of aliphatic imine (C=N–C) groups is 1. The van der Waals surface area contributed by atoms with Crippen molar-refractivity contribution in [1.29, 1.82) is 0 Å². The zero-order chi connectivity index (χ0) is 20.8. The number of hydrogen-bond acceptors (Lipinski definition) is 6. The van der Waals surface area contributed by atoms with Gasteiger partial charge in [-0.3, -0.25) is 0 Å². The van der Waals surface area contributed by atoms with E-state index < -0.39 is 0 Å². The lowest BCUT2D eigenvalue weighted by molar-refractivity contribution is 0.180. The highest BCUT2D eigenvalue weighted by Gasteiger charge is 2.12. The van der Waals surface area contributed by atoms with Gasteiger partial charge in [-0.15, -0.1) is 0 Å². The van der Waals surface area contributed by atoms with Crippen LogP contribution in [-0.4, -0.2) is 79.1 Å². The summed E-state index contributed by atoms with van der Waals surface area (Å²) in [5.41, 5.74) is 0.925. The topological polar surface area (TPSA) is 76.6 Å². The number of nitrogens with one attached hydrogen (secondary N) is 2. The zero-order valence-electron chi connectivity index (χ0n) is 18.1. The van der Waals surface area contributed by atoms with E-state index in [1.165, 1.54) is 0 Å². The molecule has 160 valence electrons. The lowest BCUT2D eigenvalue weighted by Crippen LogP contribution is -2.41. The first kappa shape index (κ1) is 23.8. The Hall–Kier alpha value is -2.19. The molecule has 1 rings (SSSR count). The number of ether oxygens (including phenoxy) is 4. The Morgan fingerprint density at radius 3 is 2.25 bits per heavy atom. The SMILES string of the molecule is CCNC(=NCc1cc(OC)c(OC)cc1OC)NCCN(C)CCCOC. The number of likely N-dealkylation sites (N-methyl/N-ethyl adjacent to an activating group) is 1. The Bertz CT molecular complexity index is 596. The predicted molar refractivity (Wildman–Crippen MR) is 113 cm³/mol. The molecule has 2 N–H and O–H groups in total. The molecule has 0 aliphatic rings. The van der Waals surface area contributed by atoms with Gasteiger partial charge in [0.25, 0.3) is 0 Å². The van der Waals surface area contributed by atoms with Gasteiger partial charge in [0.2, 0.25) is 0 Å². The molecule has 8 nitrogen and oxygen atoms in total. The molecule has 0 saturated heterocycles. The quantitative estimate of drug-likeness (QED) is 0.299. The van der Waals surface area contributed by atoms with Crippen molar-refractivity contribution in [3.05, 3.63) is 17.7 Å².